The molecule has 3 rings (SSSR count). The number of methoxy groups -OCH3 is 3. The standard InChI is InChI=1S/C6H3ClN2O6S.2C6H4ClNO4S/c1-15-6(10)2-3(8(11)12)4(7)16-5(2)9(13)14;1-12-6(9)3-2-13-5(7)4(3)8(10)11;1-12-6(9)3-2-4(7)13-5(3)8(10)11/h1H3;2*2H,1H3. The van der Waals surface area contributed by atoms with Crippen LogP contribution in [0.5, 0.6) is 0 Å². The fraction of sp³-hybridized carbons (Fsp3) is 0.167. The van der Waals surface area contributed by atoms with Crippen molar-refractivity contribution in [3.63, 3.8) is 0 Å². The number of hydrogen-bond donors (Lipinski definition) is 0. The fourth-order valence-electron chi connectivity index (χ4n) is 2.46. The highest BCUT2D eigenvalue weighted by Crippen LogP contribution is 2.44. The zero-order chi connectivity index (χ0) is 32.5. The SMILES string of the molecule is COC(=O)c1c([N+](=O)[O-])sc(Cl)c1[N+](=O)[O-].COC(=O)c1cc(Cl)sc1[N+](=O)[O-].COC(=O)c1csc(Cl)c1[N+](=O)[O-]. The molecule has 0 spiro atoms. The van der Waals surface area contributed by atoms with Crippen molar-refractivity contribution in [2.24, 2.45) is 0 Å². The highest BCUT2D eigenvalue weighted by Gasteiger charge is 2.38. The van der Waals surface area contributed by atoms with Crippen LogP contribution in [0.15, 0.2) is 11.4 Å². The van der Waals surface area contributed by atoms with Gasteiger partial charge in [0.15, 0.2) is 14.2 Å². The van der Waals surface area contributed by atoms with Crippen LogP contribution in [0.2, 0.25) is 13.0 Å². The lowest BCUT2D eigenvalue weighted by Gasteiger charge is -1.95. The molecule has 3 aromatic heterocycles. The summed E-state index contributed by atoms with van der Waals surface area (Å²) in [5, 5.41) is 42.3. The Balaban J connectivity index is 0.000000318. The molecular weight excluding hydrogens is 699 g/mol. The highest BCUT2D eigenvalue weighted by molar-refractivity contribution is 7.20. The monoisotopic (exact) mass is 708 g/mol. The lowest BCUT2D eigenvalue weighted by atomic mass is 10.3. The molecule has 0 saturated carbocycles. The molecule has 0 atom stereocenters. The minimum absolute atomic E-state index is 0.0228. The first-order chi connectivity index (χ1) is 19.5. The molecule has 0 unspecified atom stereocenters. The number of carbonyl (C=O) groups is 3. The van der Waals surface area contributed by atoms with E-state index in [4.69, 9.17) is 34.8 Å². The van der Waals surface area contributed by atoms with Crippen molar-refractivity contribution in [2.45, 2.75) is 0 Å². The van der Waals surface area contributed by atoms with E-state index in [0.29, 0.717) is 11.3 Å². The molecule has 0 aliphatic rings. The van der Waals surface area contributed by atoms with E-state index in [-0.39, 0.29) is 24.8 Å². The third-order valence-electron chi connectivity index (χ3n) is 4.12. The molecular formula is C18H11Cl3N4O14S3. The van der Waals surface area contributed by atoms with Gasteiger partial charge in [0.05, 0.1) is 41.0 Å². The maximum absolute atomic E-state index is 11.2. The third kappa shape index (κ3) is 8.74. The van der Waals surface area contributed by atoms with E-state index < -0.39 is 63.9 Å². The van der Waals surface area contributed by atoms with Crippen molar-refractivity contribution in [1.82, 2.24) is 0 Å². The van der Waals surface area contributed by atoms with Crippen molar-refractivity contribution < 1.29 is 48.3 Å². The average molecular weight is 710 g/mol. The lowest BCUT2D eigenvalue weighted by Crippen LogP contribution is -2.06. The number of nitrogens with zero attached hydrogens (tertiary/aromatic N) is 4. The molecule has 42 heavy (non-hydrogen) atoms. The van der Waals surface area contributed by atoms with E-state index in [9.17, 15) is 54.8 Å². The summed E-state index contributed by atoms with van der Waals surface area (Å²) >= 11 is 18.5. The maximum Gasteiger partial charge on any atom is 0.353 e. The second-order valence-electron chi connectivity index (χ2n) is 6.45. The Morgan fingerprint density at radius 2 is 1.14 bits per heavy atom. The van der Waals surface area contributed by atoms with E-state index in [1.54, 1.807) is 0 Å². The number of rotatable bonds is 7. The van der Waals surface area contributed by atoms with Crippen LogP contribution in [0.3, 0.4) is 0 Å². The molecule has 3 heterocycles. The van der Waals surface area contributed by atoms with Gasteiger partial charge in [-0.1, -0.05) is 46.1 Å². The van der Waals surface area contributed by atoms with Gasteiger partial charge in [0.1, 0.15) is 9.90 Å². The lowest BCUT2D eigenvalue weighted by molar-refractivity contribution is -0.390. The van der Waals surface area contributed by atoms with Gasteiger partial charge in [-0.05, 0) is 17.4 Å². The molecule has 0 radical (unpaired) electrons. The molecule has 0 aliphatic carbocycles. The first kappa shape index (κ1) is 36.0. The first-order valence-electron chi connectivity index (χ1n) is 9.74. The molecule has 0 aromatic carbocycles. The largest absolute Gasteiger partial charge is 0.465 e. The van der Waals surface area contributed by atoms with Gasteiger partial charge in [-0.3, -0.25) is 40.5 Å². The van der Waals surface area contributed by atoms with Crippen molar-refractivity contribution in [3.05, 3.63) is 81.6 Å². The number of thiophene rings is 3. The Hall–Kier alpha value is -4.02. The number of carbonyl (C=O) groups excluding carboxylic acids is 3. The van der Waals surface area contributed by atoms with Gasteiger partial charge in [0, 0.05) is 5.38 Å². The molecule has 0 saturated heterocycles. The normalized spacial score (nSPS) is 9.76. The Kier molecular flexibility index (Phi) is 13.6. The zero-order valence-electron chi connectivity index (χ0n) is 20.5. The van der Waals surface area contributed by atoms with Gasteiger partial charge in [-0.2, -0.15) is 0 Å². The molecule has 0 amide bonds. The van der Waals surface area contributed by atoms with Crippen LogP contribution in [0.4, 0.5) is 21.4 Å². The summed E-state index contributed by atoms with van der Waals surface area (Å²) < 4.78 is 12.7. The van der Waals surface area contributed by atoms with Gasteiger partial charge in [-0.25, -0.2) is 14.4 Å². The number of esters is 3. The zero-order valence-corrected chi connectivity index (χ0v) is 25.2. The first-order valence-corrected chi connectivity index (χ1v) is 13.4. The van der Waals surface area contributed by atoms with E-state index in [1.807, 2.05) is 0 Å². The highest BCUT2D eigenvalue weighted by atomic mass is 35.5. The summed E-state index contributed by atoms with van der Waals surface area (Å²) in [7, 11) is 3.26. The van der Waals surface area contributed by atoms with E-state index in [0.717, 1.165) is 44.0 Å². The van der Waals surface area contributed by atoms with Crippen LogP contribution < -0.4 is 0 Å². The smallest absolute Gasteiger partial charge is 0.353 e. The summed E-state index contributed by atoms with van der Waals surface area (Å²) in [6, 6.07) is 1.22. The predicted octanol–water partition coefficient (Wildman–Crippen LogP) is 6.20. The van der Waals surface area contributed by atoms with Crippen LogP contribution in [-0.2, 0) is 14.2 Å². The summed E-state index contributed by atoms with van der Waals surface area (Å²) in [4.78, 5) is 71.9. The van der Waals surface area contributed by atoms with Crippen LogP contribution in [0.25, 0.3) is 0 Å². The molecule has 0 aliphatic heterocycles. The molecule has 3 aromatic rings. The number of halogens is 3. The van der Waals surface area contributed by atoms with Gasteiger partial charge in [0.25, 0.3) is 0 Å². The number of hydrogen-bond acceptors (Lipinski definition) is 17. The predicted molar refractivity (Wildman–Crippen MR) is 149 cm³/mol. The van der Waals surface area contributed by atoms with Crippen molar-refractivity contribution >= 4 is 108 Å². The van der Waals surface area contributed by atoms with E-state index >= 15 is 0 Å². The summed E-state index contributed by atoms with van der Waals surface area (Å²) in [6.07, 6.45) is 0. The summed E-state index contributed by atoms with van der Waals surface area (Å²) in [5.41, 5.74) is -2.14. The minimum Gasteiger partial charge on any atom is -0.465 e. The molecule has 0 bridgehead atoms. The van der Waals surface area contributed by atoms with Gasteiger partial charge in [-0.15, -0.1) is 11.3 Å². The Labute approximate surface area is 258 Å². The van der Waals surface area contributed by atoms with Crippen LogP contribution >= 0.6 is 68.8 Å². The fourth-order valence-corrected chi connectivity index (χ4v) is 5.69. The molecule has 0 N–H and O–H groups in total. The Bertz CT molecular complexity index is 1550. The number of nitro groups is 4. The molecule has 226 valence electrons. The summed E-state index contributed by atoms with van der Waals surface area (Å²) in [6.45, 7) is 0. The van der Waals surface area contributed by atoms with Crippen LogP contribution in [0, 0.1) is 40.5 Å². The topological polar surface area (TPSA) is 251 Å². The summed E-state index contributed by atoms with van der Waals surface area (Å²) in [5.74, 6) is -2.67. The van der Waals surface area contributed by atoms with Gasteiger partial charge >= 0.3 is 39.3 Å². The second kappa shape index (κ2) is 15.8. The number of ether oxygens (including phenoxy) is 3. The van der Waals surface area contributed by atoms with Gasteiger partial charge in [0.2, 0.25) is 5.56 Å². The Morgan fingerprint density at radius 3 is 1.57 bits per heavy atom. The van der Waals surface area contributed by atoms with Crippen LogP contribution in [-0.4, -0.2) is 58.9 Å². The maximum atomic E-state index is 11.2. The Morgan fingerprint density at radius 1 is 0.667 bits per heavy atom. The molecule has 0 fully saturated rings. The van der Waals surface area contributed by atoms with Crippen molar-refractivity contribution in [3.8, 4) is 0 Å². The van der Waals surface area contributed by atoms with Gasteiger partial charge < -0.3 is 14.2 Å². The average Bonchev–Trinajstić information content (AvgIpc) is 3.62. The second-order valence-corrected chi connectivity index (χ2v) is 11.2. The third-order valence-corrected chi connectivity index (χ3v) is 7.87. The quantitative estimate of drug-likeness (QED) is 0.115. The van der Waals surface area contributed by atoms with Crippen LogP contribution in [0.1, 0.15) is 31.1 Å². The molecule has 18 nitrogen and oxygen atoms in total. The minimum atomic E-state index is -1.17. The van der Waals surface area contributed by atoms with E-state index in [2.05, 4.69) is 14.2 Å². The van der Waals surface area contributed by atoms with Crippen molar-refractivity contribution in [2.75, 3.05) is 21.3 Å². The van der Waals surface area contributed by atoms with Crippen molar-refractivity contribution in [1.29, 1.82) is 0 Å². The molecule has 24 heteroatoms. The van der Waals surface area contributed by atoms with E-state index in [1.165, 1.54) is 11.4 Å².